The maximum atomic E-state index is 12.5. The maximum Gasteiger partial charge on any atom is 0.433 e. The number of hydrogen-bond acceptors (Lipinski definition) is 10. The third-order valence-electron chi connectivity index (χ3n) is 3.71. The van der Waals surface area contributed by atoms with E-state index < -0.39 is 23.9 Å². The van der Waals surface area contributed by atoms with E-state index in [-0.39, 0.29) is 31.8 Å². The van der Waals surface area contributed by atoms with Crippen LogP contribution in [0.25, 0.3) is 0 Å². The van der Waals surface area contributed by atoms with Crippen molar-refractivity contribution in [2.75, 3.05) is 58.5 Å². The van der Waals surface area contributed by atoms with Gasteiger partial charge in [-0.3, -0.25) is 0 Å². The average molecular weight is 442 g/mol. The van der Waals surface area contributed by atoms with E-state index >= 15 is 0 Å². The first-order valence-corrected chi connectivity index (χ1v) is 9.38. The molecular formula is C17H29F3N4O6. The minimum absolute atomic E-state index is 0.0324. The minimum Gasteiger partial charge on any atom is -0.475 e. The maximum absolute atomic E-state index is 12.5. The largest absolute Gasteiger partial charge is 0.475 e. The van der Waals surface area contributed by atoms with Crippen molar-refractivity contribution in [3.8, 4) is 5.88 Å². The van der Waals surface area contributed by atoms with Gasteiger partial charge in [0.25, 0.3) is 0 Å². The molecule has 2 atom stereocenters. The Bertz CT molecular complexity index is 597. The van der Waals surface area contributed by atoms with Crippen molar-refractivity contribution in [1.29, 1.82) is 0 Å². The molecule has 0 amide bonds. The van der Waals surface area contributed by atoms with Gasteiger partial charge in [-0.15, -0.1) is 0 Å². The second kappa shape index (κ2) is 14.3. The molecule has 2 rings (SSSR count). The lowest BCUT2D eigenvalue weighted by molar-refractivity contribution is -0.141. The van der Waals surface area contributed by atoms with Gasteiger partial charge in [-0.1, -0.05) is 0 Å². The Labute approximate surface area is 172 Å². The number of alkyl halides is 3. The van der Waals surface area contributed by atoms with Crippen LogP contribution in [0.1, 0.15) is 18.5 Å². The zero-order valence-electron chi connectivity index (χ0n) is 16.5. The number of halogens is 3. The average Bonchev–Trinajstić information content (AvgIpc) is 2.70. The lowest BCUT2D eigenvalue weighted by Gasteiger charge is -2.25. The van der Waals surface area contributed by atoms with Crippen LogP contribution in [0, 0.1) is 0 Å². The van der Waals surface area contributed by atoms with Gasteiger partial charge in [0, 0.05) is 19.2 Å². The first-order chi connectivity index (χ1) is 14.3. The van der Waals surface area contributed by atoms with E-state index in [0.717, 1.165) is 12.8 Å². The molecule has 1 saturated heterocycles. The molecule has 0 bridgehead atoms. The molecule has 6 N–H and O–H groups in total. The van der Waals surface area contributed by atoms with Gasteiger partial charge in [0.05, 0.1) is 39.1 Å². The summed E-state index contributed by atoms with van der Waals surface area (Å²) in [7, 11) is 0. The van der Waals surface area contributed by atoms with E-state index in [1.165, 1.54) is 0 Å². The number of rotatable bonds is 10. The summed E-state index contributed by atoms with van der Waals surface area (Å²) >= 11 is 0. The van der Waals surface area contributed by atoms with Gasteiger partial charge < -0.3 is 40.6 Å². The van der Waals surface area contributed by atoms with E-state index in [0.29, 0.717) is 39.0 Å². The number of anilines is 1. The highest BCUT2D eigenvalue weighted by atomic mass is 19.4. The molecule has 1 aromatic rings. The highest BCUT2D eigenvalue weighted by Gasteiger charge is 2.33. The normalized spacial score (nSPS) is 19.1. The lowest BCUT2D eigenvalue weighted by Crippen LogP contribution is -2.36. The fraction of sp³-hybridized carbons (Fsp3) is 0.765. The molecule has 2 heterocycles. The smallest absolute Gasteiger partial charge is 0.433 e. The van der Waals surface area contributed by atoms with Crippen molar-refractivity contribution in [3.63, 3.8) is 0 Å². The van der Waals surface area contributed by atoms with Gasteiger partial charge in [-0.2, -0.15) is 18.2 Å². The predicted octanol–water partition coefficient (Wildman–Crippen LogP) is -0.0331. The number of ether oxygens (including phenoxy) is 4. The third-order valence-corrected chi connectivity index (χ3v) is 3.71. The van der Waals surface area contributed by atoms with Crippen LogP contribution in [-0.4, -0.2) is 85.2 Å². The molecule has 13 heteroatoms. The molecule has 174 valence electrons. The summed E-state index contributed by atoms with van der Waals surface area (Å²) < 4.78 is 57.7. The first-order valence-electron chi connectivity index (χ1n) is 9.38. The SMILES string of the molecule is NCCOCCOCCOc1cc(C(F)(F)F)nc(N)n1.OCC1OCCCC1O. The minimum atomic E-state index is -4.61. The number of nitrogen functional groups attached to an aromatic ring is 1. The first kappa shape index (κ1) is 26.3. The highest BCUT2D eigenvalue weighted by molar-refractivity contribution is 5.27. The summed E-state index contributed by atoms with van der Waals surface area (Å²) in [5.74, 6) is -0.756. The Kier molecular flexibility index (Phi) is 12.5. The number of hydrogen-bond donors (Lipinski definition) is 4. The molecule has 30 heavy (non-hydrogen) atoms. The fourth-order valence-electron chi connectivity index (χ4n) is 2.27. The van der Waals surface area contributed by atoms with Crippen molar-refractivity contribution < 1.29 is 42.3 Å². The summed E-state index contributed by atoms with van der Waals surface area (Å²) in [6, 6.07) is 0.681. The summed E-state index contributed by atoms with van der Waals surface area (Å²) in [6.45, 7) is 2.41. The molecule has 10 nitrogen and oxygen atoms in total. The standard InChI is InChI=1S/C11H17F3N4O3.C6H12O3/c12-11(13,14)8-7-9(18-10(16)17-8)21-6-5-20-4-3-19-2-1-15;7-4-6-5(8)2-1-3-9-6/h7H,1-6,15H2,(H2,16,17,18);5-8H,1-4H2. The van der Waals surface area contributed by atoms with Crippen molar-refractivity contribution >= 4 is 5.95 Å². The van der Waals surface area contributed by atoms with Gasteiger partial charge in [0.15, 0.2) is 5.69 Å². The summed E-state index contributed by atoms with van der Waals surface area (Å²) in [6.07, 6.45) is -3.74. The molecule has 0 aromatic carbocycles. The Morgan fingerprint density at radius 3 is 2.37 bits per heavy atom. The monoisotopic (exact) mass is 442 g/mol. The number of aliphatic hydroxyl groups is 2. The summed E-state index contributed by atoms with van der Waals surface area (Å²) in [5.41, 5.74) is 9.26. The van der Waals surface area contributed by atoms with Crippen molar-refractivity contribution in [2.24, 2.45) is 5.73 Å². The van der Waals surface area contributed by atoms with Gasteiger partial charge in [-0.05, 0) is 12.8 Å². The second-order valence-electron chi connectivity index (χ2n) is 6.11. The number of nitrogens with zero attached hydrogens (tertiary/aromatic N) is 2. The predicted molar refractivity (Wildman–Crippen MR) is 99.7 cm³/mol. The van der Waals surface area contributed by atoms with Gasteiger partial charge in [0.1, 0.15) is 12.7 Å². The molecule has 1 aliphatic rings. The van der Waals surface area contributed by atoms with Crippen LogP contribution in [0.5, 0.6) is 5.88 Å². The van der Waals surface area contributed by atoms with Crippen molar-refractivity contribution in [3.05, 3.63) is 11.8 Å². The molecule has 1 fully saturated rings. The van der Waals surface area contributed by atoms with Crippen molar-refractivity contribution in [1.82, 2.24) is 9.97 Å². The quantitative estimate of drug-likeness (QED) is 0.363. The van der Waals surface area contributed by atoms with Gasteiger partial charge in [0.2, 0.25) is 11.8 Å². The van der Waals surface area contributed by atoms with Gasteiger partial charge in [-0.25, -0.2) is 4.98 Å². The Morgan fingerprint density at radius 2 is 1.80 bits per heavy atom. The Morgan fingerprint density at radius 1 is 1.13 bits per heavy atom. The molecule has 0 spiro atoms. The second-order valence-corrected chi connectivity index (χ2v) is 6.11. The van der Waals surface area contributed by atoms with E-state index in [4.69, 9.17) is 40.6 Å². The van der Waals surface area contributed by atoms with Crippen LogP contribution < -0.4 is 16.2 Å². The van der Waals surface area contributed by atoms with E-state index in [1.807, 2.05) is 0 Å². The van der Waals surface area contributed by atoms with Crippen LogP contribution in [0.4, 0.5) is 19.1 Å². The zero-order chi connectivity index (χ0) is 22.4. The van der Waals surface area contributed by atoms with Crippen molar-refractivity contribution in [2.45, 2.75) is 31.2 Å². The van der Waals surface area contributed by atoms with Gasteiger partial charge >= 0.3 is 6.18 Å². The Hall–Kier alpha value is -1.77. The van der Waals surface area contributed by atoms with Crippen LogP contribution >= 0.6 is 0 Å². The molecule has 2 unspecified atom stereocenters. The highest BCUT2D eigenvalue weighted by Crippen LogP contribution is 2.29. The van der Waals surface area contributed by atoms with Crippen LogP contribution in [-0.2, 0) is 20.4 Å². The van der Waals surface area contributed by atoms with Crippen LogP contribution in [0.3, 0.4) is 0 Å². The number of aliphatic hydroxyl groups excluding tert-OH is 2. The molecule has 0 saturated carbocycles. The molecule has 1 aliphatic heterocycles. The van der Waals surface area contributed by atoms with E-state index in [9.17, 15) is 13.2 Å². The lowest BCUT2D eigenvalue weighted by atomic mass is 10.1. The third kappa shape index (κ3) is 10.8. The number of nitrogens with two attached hydrogens (primary N) is 2. The zero-order valence-corrected chi connectivity index (χ0v) is 16.5. The van der Waals surface area contributed by atoms with E-state index in [2.05, 4.69) is 9.97 Å². The molecule has 0 aliphatic carbocycles. The topological polar surface area (TPSA) is 155 Å². The fourth-order valence-corrected chi connectivity index (χ4v) is 2.27. The molecular weight excluding hydrogens is 413 g/mol. The van der Waals surface area contributed by atoms with Crippen LogP contribution in [0.15, 0.2) is 6.07 Å². The summed E-state index contributed by atoms with van der Waals surface area (Å²) in [5, 5.41) is 17.7. The van der Waals surface area contributed by atoms with Crippen LogP contribution in [0.2, 0.25) is 0 Å². The molecule has 0 radical (unpaired) electrons. The summed E-state index contributed by atoms with van der Waals surface area (Å²) in [4.78, 5) is 6.65. The number of aromatic nitrogens is 2. The molecule has 1 aromatic heterocycles. The van der Waals surface area contributed by atoms with E-state index in [1.54, 1.807) is 0 Å². The Balaban J connectivity index is 0.000000414.